The van der Waals surface area contributed by atoms with E-state index >= 15 is 0 Å². The molecular weight excluding hydrogens is 200 g/mol. The van der Waals surface area contributed by atoms with Crippen molar-refractivity contribution in [2.75, 3.05) is 13.1 Å². The topological polar surface area (TPSA) is 32.3 Å². The van der Waals surface area contributed by atoms with Crippen LogP contribution in [-0.4, -0.2) is 29.9 Å². The van der Waals surface area contributed by atoms with Gasteiger partial charge in [0.1, 0.15) is 0 Å². The molecule has 2 rings (SSSR count). The van der Waals surface area contributed by atoms with Crippen LogP contribution in [0.25, 0.3) is 0 Å². The lowest BCUT2D eigenvalue weighted by Gasteiger charge is -2.28. The number of unbranched alkanes of at least 4 members (excludes halogenated alkanes) is 1. The summed E-state index contributed by atoms with van der Waals surface area (Å²) in [5.74, 6) is 1.62. The maximum absolute atomic E-state index is 11.5. The summed E-state index contributed by atoms with van der Waals surface area (Å²) >= 11 is 0. The molecule has 1 N–H and O–H groups in total. The number of fused-ring (bicyclic) bond motifs is 1. The van der Waals surface area contributed by atoms with Gasteiger partial charge >= 0.3 is 0 Å². The van der Waals surface area contributed by atoms with Crippen molar-refractivity contribution in [2.24, 2.45) is 11.8 Å². The molecule has 3 heteroatoms. The normalized spacial score (nSPS) is 31.1. The molecule has 1 saturated carbocycles. The van der Waals surface area contributed by atoms with Gasteiger partial charge in [0.25, 0.3) is 0 Å². The van der Waals surface area contributed by atoms with Crippen LogP contribution < -0.4 is 5.32 Å². The average molecular weight is 222 g/mol. The quantitative estimate of drug-likeness (QED) is 0.719. The number of nitrogens with one attached hydrogen (secondary N) is 1. The van der Waals surface area contributed by atoms with E-state index in [-0.39, 0.29) is 11.9 Å². The van der Waals surface area contributed by atoms with E-state index < -0.39 is 0 Å². The molecule has 2 fully saturated rings. The molecule has 1 amide bonds. The number of carbonyl (C=O) groups excluding carboxylic acids is 1. The van der Waals surface area contributed by atoms with Crippen molar-refractivity contribution < 1.29 is 4.79 Å². The molecule has 90 valence electrons. The maximum Gasteiger partial charge on any atom is 0.220 e. The van der Waals surface area contributed by atoms with Crippen LogP contribution >= 0.6 is 0 Å². The first-order valence-corrected chi connectivity index (χ1v) is 6.35. The van der Waals surface area contributed by atoms with Crippen molar-refractivity contribution in [3.8, 4) is 0 Å². The second kappa shape index (κ2) is 4.48. The summed E-state index contributed by atoms with van der Waals surface area (Å²) < 4.78 is 0. The summed E-state index contributed by atoms with van der Waals surface area (Å²) in [5.41, 5.74) is 1.05. The van der Waals surface area contributed by atoms with Crippen LogP contribution in [0.1, 0.15) is 33.1 Å². The van der Waals surface area contributed by atoms with E-state index in [4.69, 9.17) is 0 Å². The fourth-order valence-electron chi connectivity index (χ4n) is 2.77. The third-order valence-electron chi connectivity index (χ3n) is 3.79. The Hall–Kier alpha value is -0.990. The van der Waals surface area contributed by atoms with Gasteiger partial charge in [-0.2, -0.15) is 0 Å². The lowest BCUT2D eigenvalue weighted by Crippen LogP contribution is -2.41. The highest BCUT2D eigenvalue weighted by atomic mass is 16.2. The minimum absolute atomic E-state index is 0.190. The number of hydrogen-bond acceptors (Lipinski definition) is 2. The van der Waals surface area contributed by atoms with Gasteiger partial charge in [0.2, 0.25) is 5.91 Å². The molecule has 1 heterocycles. The second-order valence-corrected chi connectivity index (χ2v) is 5.08. The highest BCUT2D eigenvalue weighted by Gasteiger charge is 2.54. The molecule has 0 aromatic heterocycles. The zero-order valence-corrected chi connectivity index (χ0v) is 10.3. The highest BCUT2D eigenvalue weighted by Crippen LogP contribution is 2.51. The van der Waals surface area contributed by atoms with Gasteiger partial charge in [0, 0.05) is 25.7 Å². The third kappa shape index (κ3) is 2.08. The van der Waals surface area contributed by atoms with Gasteiger partial charge in [0.05, 0.1) is 6.04 Å². The van der Waals surface area contributed by atoms with Crippen molar-refractivity contribution >= 4 is 5.91 Å². The molecular formula is C13H22N2O. The van der Waals surface area contributed by atoms with E-state index in [9.17, 15) is 4.79 Å². The van der Waals surface area contributed by atoms with Gasteiger partial charge in [-0.1, -0.05) is 19.9 Å². The molecule has 0 radical (unpaired) electrons. The summed E-state index contributed by atoms with van der Waals surface area (Å²) in [6, 6.07) is 0.263. The smallest absolute Gasteiger partial charge is 0.220 e. The Labute approximate surface area is 97.9 Å². The summed E-state index contributed by atoms with van der Waals surface area (Å²) in [6.07, 6.45) is 3.64. The van der Waals surface area contributed by atoms with Crippen molar-refractivity contribution in [1.29, 1.82) is 0 Å². The number of carbonyl (C=O) groups is 1. The zero-order valence-electron chi connectivity index (χ0n) is 10.3. The van der Waals surface area contributed by atoms with Crippen molar-refractivity contribution in [2.45, 2.75) is 39.2 Å². The van der Waals surface area contributed by atoms with E-state index in [1.54, 1.807) is 6.92 Å². The molecule has 0 bridgehead atoms. The van der Waals surface area contributed by atoms with Gasteiger partial charge in [-0.05, 0) is 24.7 Å². The number of nitrogens with zero attached hydrogens (tertiary/aromatic N) is 1. The Kier molecular flexibility index (Phi) is 3.22. The monoisotopic (exact) mass is 222 g/mol. The van der Waals surface area contributed by atoms with Gasteiger partial charge in [0.15, 0.2) is 0 Å². The van der Waals surface area contributed by atoms with Crippen molar-refractivity contribution in [1.82, 2.24) is 10.2 Å². The number of hydrogen-bond donors (Lipinski definition) is 1. The summed E-state index contributed by atoms with van der Waals surface area (Å²) in [7, 11) is 0. The first-order chi connectivity index (χ1) is 7.65. The molecule has 0 spiro atoms. The molecule has 0 aromatic carbocycles. The fraction of sp³-hybridized carbons (Fsp3) is 0.769. The van der Waals surface area contributed by atoms with Crippen LogP contribution in [0.3, 0.4) is 0 Å². The van der Waals surface area contributed by atoms with Crippen molar-refractivity contribution in [3.05, 3.63) is 12.3 Å². The molecule has 0 aromatic rings. The number of likely N-dealkylation sites (tertiary alicyclic amines) is 1. The molecule has 1 unspecified atom stereocenters. The summed E-state index contributed by atoms with van der Waals surface area (Å²) in [4.78, 5) is 13.5. The van der Waals surface area contributed by atoms with Crippen LogP contribution in [0.15, 0.2) is 12.3 Å². The lowest BCUT2D eigenvalue weighted by molar-refractivity contribution is -0.129. The van der Waals surface area contributed by atoms with Crippen molar-refractivity contribution in [3.63, 3.8) is 0 Å². The van der Waals surface area contributed by atoms with Gasteiger partial charge in [-0.25, -0.2) is 0 Å². The number of amides is 1. The van der Waals surface area contributed by atoms with Gasteiger partial charge in [-0.15, -0.1) is 0 Å². The Bertz CT molecular complexity index is 300. The SMILES string of the molecule is C=C(NCCCC)C1[C@H]2C[C@H]2CN1C(C)=O. The van der Waals surface area contributed by atoms with E-state index in [0.717, 1.165) is 24.7 Å². The first-order valence-electron chi connectivity index (χ1n) is 6.35. The summed E-state index contributed by atoms with van der Waals surface area (Å²) in [6.45, 7) is 9.88. The zero-order chi connectivity index (χ0) is 11.7. The largest absolute Gasteiger partial charge is 0.387 e. The summed E-state index contributed by atoms with van der Waals surface area (Å²) in [5, 5.41) is 3.38. The molecule has 1 aliphatic heterocycles. The molecule has 1 aliphatic carbocycles. The molecule has 2 aliphatic rings. The molecule has 1 saturated heterocycles. The number of rotatable bonds is 5. The minimum Gasteiger partial charge on any atom is -0.387 e. The average Bonchev–Trinajstić information content (AvgIpc) is 2.89. The Morgan fingerprint density at radius 2 is 2.31 bits per heavy atom. The second-order valence-electron chi connectivity index (χ2n) is 5.08. The van der Waals surface area contributed by atoms with Gasteiger partial charge in [-0.3, -0.25) is 4.79 Å². The Morgan fingerprint density at radius 3 is 2.94 bits per heavy atom. The molecule has 3 nitrogen and oxygen atoms in total. The van der Waals surface area contributed by atoms with Crippen LogP contribution in [0.4, 0.5) is 0 Å². The Morgan fingerprint density at radius 1 is 1.56 bits per heavy atom. The highest BCUT2D eigenvalue weighted by molar-refractivity contribution is 5.75. The standard InChI is InChI=1S/C13H22N2O/c1-4-5-6-14-9(2)13-12-7-11(12)8-15(13)10(3)16/h11-14H,2,4-8H2,1,3H3/t11-,12-,13?/m0/s1. The predicted molar refractivity (Wildman–Crippen MR) is 64.8 cm³/mol. The van der Waals surface area contributed by atoms with Crippen LogP contribution in [0.2, 0.25) is 0 Å². The van der Waals surface area contributed by atoms with E-state index in [1.165, 1.54) is 19.3 Å². The molecule has 3 atom stereocenters. The van der Waals surface area contributed by atoms with E-state index in [2.05, 4.69) is 18.8 Å². The first kappa shape index (κ1) is 11.5. The maximum atomic E-state index is 11.5. The van der Waals surface area contributed by atoms with Crippen LogP contribution in [-0.2, 0) is 4.79 Å². The van der Waals surface area contributed by atoms with Gasteiger partial charge < -0.3 is 10.2 Å². The molecule has 16 heavy (non-hydrogen) atoms. The van der Waals surface area contributed by atoms with E-state index in [0.29, 0.717) is 5.92 Å². The van der Waals surface area contributed by atoms with Crippen LogP contribution in [0.5, 0.6) is 0 Å². The lowest BCUT2D eigenvalue weighted by atomic mass is 10.1. The number of piperidine rings is 1. The minimum atomic E-state index is 0.190. The Balaban J connectivity index is 1.90. The third-order valence-corrected chi connectivity index (χ3v) is 3.79. The van der Waals surface area contributed by atoms with Crippen LogP contribution in [0, 0.1) is 11.8 Å². The van der Waals surface area contributed by atoms with E-state index in [1.807, 2.05) is 4.90 Å². The predicted octanol–water partition coefficient (Wildman–Crippen LogP) is 1.76. The fourth-order valence-corrected chi connectivity index (χ4v) is 2.77.